The molecule has 0 amide bonds. The Hall–Kier alpha value is -0.210. The minimum atomic E-state index is -3.51. The number of hydrogen-bond acceptors (Lipinski definition) is 5. The zero-order valence-corrected chi connectivity index (χ0v) is 13.1. The van der Waals surface area contributed by atoms with Gasteiger partial charge in [-0.1, -0.05) is 36.8 Å². The zero-order valence-electron chi connectivity index (χ0n) is 10.7. The fourth-order valence-corrected chi connectivity index (χ4v) is 4.14. The third-order valence-electron chi connectivity index (χ3n) is 2.50. The van der Waals surface area contributed by atoms with Gasteiger partial charge in [-0.3, -0.25) is 0 Å². The van der Waals surface area contributed by atoms with Crippen molar-refractivity contribution in [2.75, 3.05) is 19.6 Å². The van der Waals surface area contributed by atoms with Gasteiger partial charge >= 0.3 is 0 Å². The number of hydrogen-bond donors (Lipinski definition) is 1. The summed E-state index contributed by atoms with van der Waals surface area (Å²) in [6, 6.07) is -0.157. The van der Waals surface area contributed by atoms with E-state index in [1.54, 1.807) is 0 Å². The van der Waals surface area contributed by atoms with Crippen molar-refractivity contribution in [2.45, 2.75) is 31.0 Å². The van der Waals surface area contributed by atoms with Gasteiger partial charge in [0.1, 0.15) is 0 Å². The van der Waals surface area contributed by atoms with E-state index in [0.29, 0.717) is 6.54 Å². The lowest BCUT2D eigenvalue weighted by Gasteiger charge is -2.22. The van der Waals surface area contributed by atoms with E-state index in [9.17, 15) is 8.42 Å². The molecule has 0 saturated heterocycles. The van der Waals surface area contributed by atoms with Crippen LogP contribution < -0.4 is 4.72 Å². The van der Waals surface area contributed by atoms with Crippen molar-refractivity contribution in [2.24, 2.45) is 0 Å². The van der Waals surface area contributed by atoms with Crippen molar-refractivity contribution in [3.05, 3.63) is 10.7 Å². The predicted octanol–water partition coefficient (Wildman–Crippen LogP) is 1.81. The van der Waals surface area contributed by atoms with Crippen LogP contribution in [0.3, 0.4) is 0 Å². The van der Waals surface area contributed by atoms with Crippen LogP contribution in [0, 0.1) is 0 Å². The quantitative estimate of drug-likeness (QED) is 0.834. The van der Waals surface area contributed by atoms with E-state index in [1.165, 1.54) is 6.20 Å². The molecule has 0 aliphatic rings. The molecule has 1 N–H and O–H groups in total. The Kier molecular flexibility index (Phi) is 6.00. The number of likely N-dealkylation sites (N-methyl/N-ethyl adjacent to an activating group) is 1. The van der Waals surface area contributed by atoms with E-state index < -0.39 is 10.0 Å². The normalized spacial score (nSPS) is 14.1. The number of aromatic nitrogens is 1. The van der Waals surface area contributed by atoms with Gasteiger partial charge in [0.05, 0.1) is 6.20 Å². The summed E-state index contributed by atoms with van der Waals surface area (Å²) in [6.07, 6.45) is 1.28. The van der Waals surface area contributed by atoms with Crippen LogP contribution in [0.25, 0.3) is 0 Å². The summed E-state index contributed by atoms with van der Waals surface area (Å²) >= 11 is 6.60. The number of thiazole rings is 1. The summed E-state index contributed by atoms with van der Waals surface area (Å²) in [7, 11) is -3.51. The molecule has 18 heavy (non-hydrogen) atoms. The molecule has 1 aromatic heterocycles. The van der Waals surface area contributed by atoms with E-state index in [-0.39, 0.29) is 14.7 Å². The first-order chi connectivity index (χ1) is 8.39. The molecular formula is C10H18ClN3O2S2. The molecule has 0 aromatic carbocycles. The van der Waals surface area contributed by atoms with Gasteiger partial charge in [-0.25, -0.2) is 18.1 Å². The maximum Gasteiger partial charge on any atom is 0.251 e. The van der Waals surface area contributed by atoms with Gasteiger partial charge in [-0.05, 0) is 20.0 Å². The van der Waals surface area contributed by atoms with Crippen LogP contribution in [-0.2, 0) is 10.0 Å². The first kappa shape index (κ1) is 15.8. The maximum absolute atomic E-state index is 12.0. The molecule has 0 bridgehead atoms. The lowest BCUT2D eigenvalue weighted by atomic mass is 10.3. The summed E-state index contributed by atoms with van der Waals surface area (Å²) in [5.74, 6) is 0. The molecule has 1 rings (SSSR count). The Morgan fingerprint density at radius 2 is 2.11 bits per heavy atom. The summed E-state index contributed by atoms with van der Waals surface area (Å²) in [5, 5.41) is 0. The average molecular weight is 312 g/mol. The first-order valence-electron chi connectivity index (χ1n) is 5.75. The second kappa shape index (κ2) is 6.81. The molecule has 104 valence electrons. The molecule has 0 saturated carbocycles. The number of sulfonamides is 1. The summed E-state index contributed by atoms with van der Waals surface area (Å²) in [4.78, 5) is 5.90. The van der Waals surface area contributed by atoms with E-state index in [2.05, 4.69) is 14.6 Å². The third kappa shape index (κ3) is 4.47. The van der Waals surface area contributed by atoms with Crippen molar-refractivity contribution in [1.82, 2.24) is 14.6 Å². The van der Waals surface area contributed by atoms with Gasteiger partial charge in [0.25, 0.3) is 10.0 Å². The number of nitrogens with zero attached hydrogens (tertiary/aromatic N) is 2. The van der Waals surface area contributed by atoms with E-state index in [4.69, 9.17) is 11.6 Å². The van der Waals surface area contributed by atoms with Crippen LogP contribution in [0.5, 0.6) is 0 Å². The highest BCUT2D eigenvalue weighted by Gasteiger charge is 2.20. The van der Waals surface area contributed by atoms with Crippen LogP contribution in [0.1, 0.15) is 20.8 Å². The molecule has 1 unspecified atom stereocenters. The summed E-state index contributed by atoms with van der Waals surface area (Å²) in [6.45, 7) is 8.42. The molecule has 0 fully saturated rings. The Morgan fingerprint density at radius 3 is 2.56 bits per heavy atom. The van der Waals surface area contributed by atoms with Crippen molar-refractivity contribution < 1.29 is 8.42 Å². The minimum Gasteiger partial charge on any atom is -0.302 e. The topological polar surface area (TPSA) is 62.3 Å². The second-order valence-corrected chi connectivity index (χ2v) is 7.49. The van der Waals surface area contributed by atoms with Gasteiger partial charge in [-0.15, -0.1) is 0 Å². The Balaban J connectivity index is 2.66. The highest BCUT2D eigenvalue weighted by Crippen LogP contribution is 2.22. The minimum absolute atomic E-state index is 0.152. The van der Waals surface area contributed by atoms with Crippen LogP contribution >= 0.6 is 22.9 Å². The fourth-order valence-electron chi connectivity index (χ4n) is 1.59. The Morgan fingerprint density at radius 1 is 1.50 bits per heavy atom. The summed E-state index contributed by atoms with van der Waals surface area (Å²) < 4.78 is 27.0. The number of halogens is 1. The molecule has 5 nitrogen and oxygen atoms in total. The monoisotopic (exact) mass is 311 g/mol. The molecule has 0 spiro atoms. The zero-order chi connectivity index (χ0) is 13.8. The lowest BCUT2D eigenvalue weighted by Crippen LogP contribution is -2.41. The Labute approximate surface area is 117 Å². The highest BCUT2D eigenvalue weighted by molar-refractivity contribution is 7.91. The lowest BCUT2D eigenvalue weighted by molar-refractivity contribution is 0.282. The second-order valence-electron chi connectivity index (χ2n) is 3.94. The molecule has 1 heterocycles. The summed E-state index contributed by atoms with van der Waals surface area (Å²) in [5.41, 5.74) is 0. The standard InChI is InChI=1S/C10H18ClN3O2S2/c1-4-14(5-2)7-8(3)13-18(15,16)9-6-12-10(11)17-9/h6,8,13H,4-5,7H2,1-3H3. The Bertz CT molecular complexity index is 471. The van der Waals surface area contributed by atoms with Crippen molar-refractivity contribution >= 4 is 33.0 Å². The molecule has 0 aliphatic carbocycles. The average Bonchev–Trinajstić information content (AvgIpc) is 2.73. The molecule has 1 aromatic rings. The van der Waals surface area contributed by atoms with E-state index in [1.807, 2.05) is 20.8 Å². The van der Waals surface area contributed by atoms with E-state index in [0.717, 1.165) is 24.4 Å². The number of rotatable bonds is 7. The van der Waals surface area contributed by atoms with Crippen molar-refractivity contribution in [3.8, 4) is 0 Å². The smallest absolute Gasteiger partial charge is 0.251 e. The SMILES string of the molecule is CCN(CC)CC(C)NS(=O)(=O)c1cnc(Cl)s1. The number of nitrogens with one attached hydrogen (secondary N) is 1. The van der Waals surface area contributed by atoms with Crippen molar-refractivity contribution in [1.29, 1.82) is 0 Å². The molecule has 0 aliphatic heterocycles. The fraction of sp³-hybridized carbons (Fsp3) is 0.700. The van der Waals surface area contributed by atoms with E-state index >= 15 is 0 Å². The van der Waals surface area contributed by atoms with Gasteiger partial charge < -0.3 is 4.90 Å². The van der Waals surface area contributed by atoms with Crippen LogP contribution in [0.4, 0.5) is 0 Å². The highest BCUT2D eigenvalue weighted by atomic mass is 35.5. The van der Waals surface area contributed by atoms with Crippen molar-refractivity contribution in [3.63, 3.8) is 0 Å². The van der Waals surface area contributed by atoms with Crippen LogP contribution in [0.15, 0.2) is 10.4 Å². The predicted molar refractivity (Wildman–Crippen MR) is 74.7 cm³/mol. The molecular weight excluding hydrogens is 294 g/mol. The van der Waals surface area contributed by atoms with Gasteiger partial charge in [0.15, 0.2) is 8.68 Å². The van der Waals surface area contributed by atoms with Gasteiger partial charge in [-0.2, -0.15) is 0 Å². The molecule has 0 radical (unpaired) electrons. The van der Waals surface area contributed by atoms with Gasteiger partial charge in [0.2, 0.25) is 0 Å². The van der Waals surface area contributed by atoms with Crippen LogP contribution in [0.2, 0.25) is 4.47 Å². The largest absolute Gasteiger partial charge is 0.302 e. The third-order valence-corrected chi connectivity index (χ3v) is 5.67. The first-order valence-corrected chi connectivity index (χ1v) is 8.42. The van der Waals surface area contributed by atoms with Crippen LogP contribution in [-0.4, -0.2) is 44.0 Å². The maximum atomic E-state index is 12.0. The van der Waals surface area contributed by atoms with Gasteiger partial charge in [0, 0.05) is 12.6 Å². The molecule has 8 heteroatoms. The molecule has 1 atom stereocenters.